The summed E-state index contributed by atoms with van der Waals surface area (Å²) in [7, 11) is 0. The third-order valence-corrected chi connectivity index (χ3v) is 1.41. The van der Waals surface area contributed by atoms with Crippen LogP contribution in [-0.2, 0) is 6.54 Å². The molecule has 0 aliphatic rings. The summed E-state index contributed by atoms with van der Waals surface area (Å²) in [5.41, 5.74) is 10.0. The molecule has 0 saturated carbocycles. The molecular formula is C6H8F2N4O. The number of anilines is 1. The number of rotatable bonds is 3. The second-order valence-electron chi connectivity index (χ2n) is 2.39. The van der Waals surface area contributed by atoms with E-state index < -0.39 is 18.9 Å². The summed E-state index contributed by atoms with van der Waals surface area (Å²) < 4.78 is 24.6. The van der Waals surface area contributed by atoms with Gasteiger partial charge in [-0.2, -0.15) is 5.10 Å². The zero-order valence-electron chi connectivity index (χ0n) is 6.58. The number of nitrogen functional groups attached to an aromatic ring is 1. The lowest BCUT2D eigenvalue weighted by atomic mass is 10.3. The van der Waals surface area contributed by atoms with Crippen LogP contribution >= 0.6 is 0 Å². The van der Waals surface area contributed by atoms with Crippen molar-refractivity contribution < 1.29 is 13.6 Å². The molecule has 0 aromatic carbocycles. The van der Waals surface area contributed by atoms with Crippen molar-refractivity contribution in [2.24, 2.45) is 5.73 Å². The molecule has 4 N–H and O–H groups in total. The first kappa shape index (κ1) is 9.43. The van der Waals surface area contributed by atoms with Crippen molar-refractivity contribution in [3.8, 4) is 0 Å². The summed E-state index contributed by atoms with van der Waals surface area (Å²) in [5.74, 6) is -0.865. The number of amides is 1. The molecule has 0 saturated heterocycles. The predicted octanol–water partition coefficient (Wildman–Crippen LogP) is -0.171. The van der Waals surface area contributed by atoms with Crippen molar-refractivity contribution in [3.05, 3.63) is 11.9 Å². The van der Waals surface area contributed by atoms with Crippen LogP contribution in [0.5, 0.6) is 0 Å². The van der Waals surface area contributed by atoms with Crippen molar-refractivity contribution in [1.29, 1.82) is 0 Å². The van der Waals surface area contributed by atoms with Crippen LogP contribution in [0.3, 0.4) is 0 Å². The van der Waals surface area contributed by atoms with E-state index in [0.717, 1.165) is 10.9 Å². The molecule has 0 radical (unpaired) electrons. The zero-order chi connectivity index (χ0) is 10.0. The minimum atomic E-state index is -2.60. The van der Waals surface area contributed by atoms with Gasteiger partial charge in [-0.15, -0.1) is 0 Å². The van der Waals surface area contributed by atoms with Gasteiger partial charge in [0.05, 0.1) is 11.9 Å². The molecule has 0 unspecified atom stereocenters. The first-order valence-corrected chi connectivity index (χ1v) is 3.41. The summed E-state index contributed by atoms with van der Waals surface area (Å²) in [6, 6.07) is 0. The van der Waals surface area contributed by atoms with E-state index in [1.807, 2.05) is 0 Å². The van der Waals surface area contributed by atoms with Crippen LogP contribution in [0, 0.1) is 0 Å². The number of hydrogen-bond donors (Lipinski definition) is 2. The number of primary amides is 1. The molecule has 1 aromatic rings. The molecule has 1 heterocycles. The Morgan fingerprint density at radius 1 is 1.69 bits per heavy atom. The Bertz CT molecular complexity index is 322. The Kier molecular flexibility index (Phi) is 2.45. The normalized spacial score (nSPS) is 10.7. The highest BCUT2D eigenvalue weighted by molar-refractivity contribution is 5.96. The van der Waals surface area contributed by atoms with Gasteiger partial charge in [0.25, 0.3) is 12.3 Å². The molecule has 0 spiro atoms. The molecule has 13 heavy (non-hydrogen) atoms. The summed E-state index contributed by atoms with van der Waals surface area (Å²) in [6.07, 6.45) is -1.49. The van der Waals surface area contributed by atoms with Gasteiger partial charge in [-0.1, -0.05) is 0 Å². The average Bonchev–Trinajstić information content (AvgIpc) is 2.30. The van der Waals surface area contributed by atoms with Crippen molar-refractivity contribution in [2.45, 2.75) is 13.0 Å². The molecule has 7 heteroatoms. The molecule has 1 rings (SSSR count). The van der Waals surface area contributed by atoms with Crippen LogP contribution in [0.15, 0.2) is 6.20 Å². The van der Waals surface area contributed by atoms with Gasteiger partial charge in [0.1, 0.15) is 12.2 Å². The molecule has 0 fully saturated rings. The highest BCUT2D eigenvalue weighted by Gasteiger charge is 2.16. The fourth-order valence-electron chi connectivity index (χ4n) is 0.938. The van der Waals surface area contributed by atoms with Gasteiger partial charge in [0.2, 0.25) is 0 Å². The van der Waals surface area contributed by atoms with E-state index in [1.165, 1.54) is 0 Å². The van der Waals surface area contributed by atoms with E-state index >= 15 is 0 Å². The van der Waals surface area contributed by atoms with Gasteiger partial charge in [0, 0.05) is 0 Å². The van der Waals surface area contributed by atoms with Crippen LogP contribution in [0.2, 0.25) is 0 Å². The maximum atomic E-state index is 11.9. The number of halogens is 2. The molecule has 5 nitrogen and oxygen atoms in total. The summed E-state index contributed by atoms with van der Waals surface area (Å²) in [4.78, 5) is 10.7. The smallest absolute Gasteiger partial charge is 0.269 e. The summed E-state index contributed by atoms with van der Waals surface area (Å²) >= 11 is 0. The topological polar surface area (TPSA) is 86.9 Å². The second-order valence-corrected chi connectivity index (χ2v) is 2.39. The Labute approximate surface area is 72.3 Å². The van der Waals surface area contributed by atoms with Gasteiger partial charge < -0.3 is 11.5 Å². The molecule has 0 aliphatic carbocycles. The number of hydrogen-bond acceptors (Lipinski definition) is 3. The summed E-state index contributed by atoms with van der Waals surface area (Å²) in [6.45, 7) is -0.685. The fourth-order valence-corrected chi connectivity index (χ4v) is 0.938. The highest BCUT2D eigenvalue weighted by atomic mass is 19.3. The van der Waals surface area contributed by atoms with E-state index in [2.05, 4.69) is 5.10 Å². The number of carbonyl (C=O) groups excluding carboxylic acids is 1. The Morgan fingerprint density at radius 3 is 2.77 bits per heavy atom. The van der Waals surface area contributed by atoms with E-state index in [9.17, 15) is 13.6 Å². The van der Waals surface area contributed by atoms with Crippen molar-refractivity contribution in [2.75, 3.05) is 5.73 Å². The Morgan fingerprint density at radius 2 is 2.31 bits per heavy atom. The van der Waals surface area contributed by atoms with Crippen LogP contribution in [0.4, 0.5) is 14.5 Å². The molecule has 1 amide bonds. The molecule has 0 bridgehead atoms. The van der Waals surface area contributed by atoms with E-state index in [-0.39, 0.29) is 11.4 Å². The lowest BCUT2D eigenvalue weighted by Crippen LogP contribution is -2.21. The third kappa shape index (κ3) is 1.92. The standard InChI is InChI=1S/C6H8F2N4O/c7-4(8)2-12-5(6(10)13)3(9)1-11-12/h1,4H,2,9H2,(H2,10,13). The number of carbonyl (C=O) groups is 1. The van der Waals surface area contributed by atoms with Crippen LogP contribution in [0.1, 0.15) is 10.5 Å². The van der Waals surface area contributed by atoms with Crippen molar-refractivity contribution >= 4 is 11.6 Å². The number of nitrogens with zero attached hydrogens (tertiary/aromatic N) is 2. The van der Waals surface area contributed by atoms with Crippen LogP contribution in [0.25, 0.3) is 0 Å². The fraction of sp³-hybridized carbons (Fsp3) is 0.333. The second kappa shape index (κ2) is 3.38. The van der Waals surface area contributed by atoms with Gasteiger partial charge in [-0.05, 0) is 0 Å². The van der Waals surface area contributed by atoms with E-state index in [0.29, 0.717) is 0 Å². The largest absolute Gasteiger partial charge is 0.396 e. The Balaban J connectivity index is 3.00. The van der Waals surface area contributed by atoms with E-state index in [4.69, 9.17) is 11.5 Å². The SMILES string of the molecule is NC(=O)c1c(N)cnn1CC(F)F. The Hall–Kier alpha value is -1.66. The lowest BCUT2D eigenvalue weighted by Gasteiger charge is -2.03. The molecule has 72 valence electrons. The van der Waals surface area contributed by atoms with Gasteiger partial charge >= 0.3 is 0 Å². The lowest BCUT2D eigenvalue weighted by molar-refractivity contribution is 0.0969. The number of aromatic nitrogens is 2. The zero-order valence-corrected chi connectivity index (χ0v) is 6.58. The van der Waals surface area contributed by atoms with Crippen molar-refractivity contribution in [3.63, 3.8) is 0 Å². The predicted molar refractivity (Wildman–Crippen MR) is 41.2 cm³/mol. The van der Waals surface area contributed by atoms with Gasteiger partial charge in [0.15, 0.2) is 0 Å². The van der Waals surface area contributed by atoms with Gasteiger partial charge in [-0.3, -0.25) is 9.48 Å². The third-order valence-electron chi connectivity index (χ3n) is 1.41. The minimum Gasteiger partial charge on any atom is -0.396 e. The monoisotopic (exact) mass is 190 g/mol. The minimum absolute atomic E-state index is 0.00755. The van der Waals surface area contributed by atoms with Crippen LogP contribution in [-0.4, -0.2) is 22.1 Å². The number of alkyl halides is 2. The molecule has 0 atom stereocenters. The molecule has 1 aromatic heterocycles. The first-order valence-electron chi connectivity index (χ1n) is 3.41. The maximum absolute atomic E-state index is 11.9. The molecule has 0 aliphatic heterocycles. The highest BCUT2D eigenvalue weighted by Crippen LogP contribution is 2.11. The summed E-state index contributed by atoms with van der Waals surface area (Å²) in [5, 5.41) is 3.49. The average molecular weight is 190 g/mol. The van der Waals surface area contributed by atoms with Crippen LogP contribution < -0.4 is 11.5 Å². The van der Waals surface area contributed by atoms with Crippen molar-refractivity contribution in [1.82, 2.24) is 9.78 Å². The van der Waals surface area contributed by atoms with E-state index in [1.54, 1.807) is 0 Å². The maximum Gasteiger partial charge on any atom is 0.269 e. The quantitative estimate of drug-likeness (QED) is 0.693. The van der Waals surface area contributed by atoms with Gasteiger partial charge in [-0.25, -0.2) is 8.78 Å². The number of nitrogens with two attached hydrogens (primary N) is 2. The first-order chi connectivity index (χ1) is 6.02. The molecular weight excluding hydrogens is 182 g/mol.